The molecular weight excluding hydrogens is 520 g/mol. The van der Waals surface area contributed by atoms with E-state index in [1.165, 1.54) is 35.2 Å². The van der Waals surface area contributed by atoms with Crippen molar-refractivity contribution < 1.29 is 40.7 Å². The highest BCUT2D eigenvalue weighted by Crippen LogP contribution is 2.29. The predicted molar refractivity (Wildman–Crippen MR) is 125 cm³/mol. The van der Waals surface area contributed by atoms with Crippen LogP contribution in [0.15, 0.2) is 53.5 Å². The maximum Gasteiger partial charge on any atom is 0.473 e. The summed E-state index contributed by atoms with van der Waals surface area (Å²) in [4.78, 5) is 40.6. The lowest BCUT2D eigenvalue weighted by Gasteiger charge is -2.35. The first-order chi connectivity index (χ1) is 17.8. The Balaban J connectivity index is 1.62. The van der Waals surface area contributed by atoms with Crippen LogP contribution in [0.1, 0.15) is 40.7 Å². The number of alkyl halides is 6. The van der Waals surface area contributed by atoms with Gasteiger partial charge in [0.05, 0.1) is 11.6 Å². The van der Waals surface area contributed by atoms with Gasteiger partial charge in [-0.1, -0.05) is 6.07 Å². The predicted octanol–water partition coefficient (Wildman–Crippen LogP) is 4.32. The Bertz CT molecular complexity index is 1210. The summed E-state index contributed by atoms with van der Waals surface area (Å²) in [6.45, 7) is 0.384. The number of hydrogen-bond donors (Lipinski definition) is 3. The number of urea groups is 1. The molecule has 0 spiro atoms. The van der Waals surface area contributed by atoms with Gasteiger partial charge in [-0.2, -0.15) is 31.3 Å². The Labute approximate surface area is 212 Å². The number of carbonyl (C=O) groups is 3. The number of nitrogens with zero attached hydrogens (tertiary/aromatic N) is 2. The van der Waals surface area contributed by atoms with Gasteiger partial charge >= 0.3 is 24.3 Å². The third kappa shape index (κ3) is 7.46. The monoisotopic (exact) mass is 543 g/mol. The molecule has 14 heteroatoms. The third-order valence-corrected chi connectivity index (χ3v) is 5.73. The molecule has 4 amide bonds. The number of rotatable bonds is 5. The molecular formula is C24H23F6N5O3. The summed E-state index contributed by atoms with van der Waals surface area (Å²) in [5.41, 5.74) is 4.66. The lowest BCUT2D eigenvalue weighted by molar-refractivity contribution is -0.169. The second kappa shape index (κ2) is 11.5. The van der Waals surface area contributed by atoms with E-state index >= 15 is 0 Å². The fourth-order valence-electron chi connectivity index (χ4n) is 3.79. The Morgan fingerprint density at radius 2 is 1.66 bits per heavy atom. The molecule has 1 fully saturated rings. The van der Waals surface area contributed by atoms with E-state index in [1.807, 2.05) is 0 Å². The van der Waals surface area contributed by atoms with Crippen molar-refractivity contribution in [1.29, 1.82) is 0 Å². The van der Waals surface area contributed by atoms with Crippen molar-refractivity contribution >= 4 is 29.4 Å². The molecule has 4 N–H and O–H groups in total. The van der Waals surface area contributed by atoms with Gasteiger partial charge in [0.2, 0.25) is 0 Å². The molecule has 1 saturated heterocycles. The number of carbonyl (C=O) groups excluding carboxylic acids is 3. The third-order valence-electron chi connectivity index (χ3n) is 5.73. The van der Waals surface area contributed by atoms with Crippen LogP contribution >= 0.6 is 0 Å². The largest absolute Gasteiger partial charge is 0.473 e. The summed E-state index contributed by atoms with van der Waals surface area (Å²) in [5, 5.41) is 5.22. The zero-order chi connectivity index (χ0) is 28.1. The van der Waals surface area contributed by atoms with Crippen molar-refractivity contribution in [1.82, 2.24) is 10.2 Å². The summed E-state index contributed by atoms with van der Waals surface area (Å²) in [7, 11) is 0. The summed E-state index contributed by atoms with van der Waals surface area (Å²) in [5.74, 6) is -3.69. The minimum absolute atomic E-state index is 0.0155. The molecule has 2 aromatic carbocycles. The topological polar surface area (TPSA) is 117 Å². The normalized spacial score (nSPS) is 16.6. The lowest BCUT2D eigenvalue weighted by atomic mass is 10.0. The molecule has 8 nitrogen and oxygen atoms in total. The van der Waals surface area contributed by atoms with Gasteiger partial charge in [0.1, 0.15) is 5.84 Å². The van der Waals surface area contributed by atoms with Crippen LogP contribution in [0, 0.1) is 0 Å². The molecule has 3 rings (SSSR count). The van der Waals surface area contributed by atoms with Gasteiger partial charge in [-0.3, -0.25) is 9.59 Å². The molecule has 38 heavy (non-hydrogen) atoms. The van der Waals surface area contributed by atoms with Crippen molar-refractivity contribution in [2.75, 3.05) is 18.4 Å². The standard InChI is InChI=1S/C24H23F6N5O3/c25-23(26,27)16-5-3-4-15(12-16)20(36)32-13-18-6-1-2-11-35(18)22(38)33-17-9-7-14(8-10-17)19(31)34-21(37)24(28,29)30/h3-5,7-10,12,18H,1-2,6,11,13H2,(H,32,36)(H,33,38)(H2,31,34,37). The highest BCUT2D eigenvalue weighted by Gasteiger charge is 2.39. The number of benzene rings is 2. The number of halogens is 6. The van der Waals surface area contributed by atoms with Gasteiger partial charge in [-0.15, -0.1) is 0 Å². The van der Waals surface area contributed by atoms with E-state index in [9.17, 15) is 40.7 Å². The zero-order valence-corrected chi connectivity index (χ0v) is 19.7. The molecule has 0 aliphatic carbocycles. The molecule has 1 atom stereocenters. The van der Waals surface area contributed by atoms with E-state index in [-0.39, 0.29) is 23.4 Å². The second-order valence-corrected chi connectivity index (χ2v) is 8.44. The smallest absolute Gasteiger partial charge is 0.383 e. The molecule has 2 aromatic rings. The molecule has 1 aliphatic heterocycles. The molecule has 0 aromatic heterocycles. The SMILES string of the molecule is NC(=NC(=O)C(F)(F)F)c1ccc(NC(=O)N2CCCCC2CNC(=O)c2cccc(C(F)(F)F)c2)cc1. The number of amidine groups is 1. The molecule has 0 saturated carbocycles. The second-order valence-electron chi connectivity index (χ2n) is 8.44. The van der Waals surface area contributed by atoms with E-state index in [0.29, 0.717) is 19.4 Å². The van der Waals surface area contributed by atoms with Crippen LogP contribution in [-0.2, 0) is 11.0 Å². The summed E-state index contributed by atoms with van der Waals surface area (Å²) in [6, 6.07) is 8.36. The van der Waals surface area contributed by atoms with Crippen molar-refractivity contribution in [3.05, 3.63) is 65.2 Å². The van der Waals surface area contributed by atoms with Crippen molar-refractivity contribution in [2.24, 2.45) is 10.7 Å². The Morgan fingerprint density at radius 3 is 2.29 bits per heavy atom. The quantitative estimate of drug-likeness (QED) is 0.296. The Hall–Kier alpha value is -4.10. The van der Waals surface area contributed by atoms with E-state index < -0.39 is 47.6 Å². The summed E-state index contributed by atoms with van der Waals surface area (Å²) in [6.07, 6.45) is -7.72. The van der Waals surface area contributed by atoms with Crippen molar-refractivity contribution in [2.45, 2.75) is 37.7 Å². The van der Waals surface area contributed by atoms with Crippen LogP contribution in [0.2, 0.25) is 0 Å². The highest BCUT2D eigenvalue weighted by atomic mass is 19.4. The van der Waals surface area contributed by atoms with Crippen molar-refractivity contribution in [3.63, 3.8) is 0 Å². The van der Waals surface area contributed by atoms with E-state index in [0.717, 1.165) is 24.6 Å². The fraction of sp³-hybridized carbons (Fsp3) is 0.333. The molecule has 0 radical (unpaired) electrons. The number of piperidine rings is 1. The average Bonchev–Trinajstić information content (AvgIpc) is 2.86. The van der Waals surface area contributed by atoms with Crippen LogP contribution in [0.5, 0.6) is 0 Å². The fourth-order valence-corrected chi connectivity index (χ4v) is 3.79. The van der Waals surface area contributed by atoms with Crippen LogP contribution in [0.3, 0.4) is 0 Å². The first kappa shape index (κ1) is 28.5. The number of anilines is 1. The number of likely N-dealkylation sites (tertiary alicyclic amines) is 1. The molecule has 204 valence electrons. The van der Waals surface area contributed by atoms with Crippen molar-refractivity contribution in [3.8, 4) is 0 Å². The number of nitrogens with two attached hydrogens (primary N) is 1. The first-order valence-electron chi connectivity index (χ1n) is 11.3. The number of hydrogen-bond acceptors (Lipinski definition) is 3. The Kier molecular flexibility index (Phi) is 8.63. The lowest BCUT2D eigenvalue weighted by Crippen LogP contribution is -2.50. The first-order valence-corrected chi connectivity index (χ1v) is 11.3. The maximum atomic E-state index is 12.9. The van der Waals surface area contributed by atoms with Gasteiger partial charge in [0.15, 0.2) is 0 Å². The van der Waals surface area contributed by atoms with Gasteiger partial charge < -0.3 is 21.3 Å². The highest BCUT2D eigenvalue weighted by molar-refractivity contribution is 6.05. The minimum atomic E-state index is -5.16. The number of amides is 4. The minimum Gasteiger partial charge on any atom is -0.383 e. The van der Waals surface area contributed by atoms with Gasteiger partial charge in [0, 0.05) is 29.9 Å². The van der Waals surface area contributed by atoms with E-state index in [2.05, 4.69) is 15.6 Å². The molecule has 1 unspecified atom stereocenters. The number of nitrogens with one attached hydrogen (secondary N) is 2. The molecule has 1 aliphatic rings. The van der Waals surface area contributed by atoms with Gasteiger partial charge in [-0.05, 0) is 61.7 Å². The van der Waals surface area contributed by atoms with Gasteiger partial charge in [0.25, 0.3) is 5.91 Å². The van der Waals surface area contributed by atoms with E-state index in [4.69, 9.17) is 5.73 Å². The summed E-state index contributed by atoms with van der Waals surface area (Å²) < 4.78 is 75.9. The molecule has 1 heterocycles. The van der Waals surface area contributed by atoms with Crippen LogP contribution in [0.25, 0.3) is 0 Å². The number of aliphatic imine (C=N–C) groups is 1. The van der Waals surface area contributed by atoms with E-state index in [1.54, 1.807) is 0 Å². The van der Waals surface area contributed by atoms with Crippen LogP contribution in [0.4, 0.5) is 36.8 Å². The summed E-state index contributed by atoms with van der Waals surface area (Å²) >= 11 is 0. The maximum absolute atomic E-state index is 12.9. The van der Waals surface area contributed by atoms with Crippen LogP contribution < -0.4 is 16.4 Å². The molecule has 0 bridgehead atoms. The average molecular weight is 543 g/mol. The Morgan fingerprint density at radius 1 is 0.974 bits per heavy atom. The van der Waals surface area contributed by atoms with Crippen LogP contribution in [-0.4, -0.2) is 53.9 Å². The van der Waals surface area contributed by atoms with Gasteiger partial charge in [-0.25, -0.2) is 4.79 Å². The zero-order valence-electron chi connectivity index (χ0n) is 19.7.